The Kier molecular flexibility index (Phi) is 3.95. The lowest BCUT2D eigenvalue weighted by Crippen LogP contribution is -2.33. The molecule has 3 fully saturated rings. The van der Waals surface area contributed by atoms with E-state index in [4.69, 9.17) is 0 Å². The summed E-state index contributed by atoms with van der Waals surface area (Å²) in [5.74, 6) is 3.63. The first kappa shape index (κ1) is 14.9. The van der Waals surface area contributed by atoms with Crippen LogP contribution >= 0.6 is 0 Å². The van der Waals surface area contributed by atoms with E-state index in [9.17, 15) is 5.11 Å². The lowest BCUT2D eigenvalue weighted by atomic mass is 9.75. The van der Waals surface area contributed by atoms with E-state index in [-0.39, 0.29) is 5.60 Å². The Morgan fingerprint density at radius 2 is 1.80 bits per heavy atom. The third-order valence-electron chi connectivity index (χ3n) is 6.90. The molecule has 1 N–H and O–H groups in total. The average Bonchev–Trinajstić information content (AvgIpc) is 2.88. The number of aliphatic hydroxyl groups is 1. The topological polar surface area (TPSA) is 20.2 Å². The molecular formula is C19H34O. The fourth-order valence-corrected chi connectivity index (χ4v) is 5.57. The Labute approximate surface area is 125 Å². The molecule has 0 amide bonds. The minimum atomic E-state index is -0.324. The highest BCUT2D eigenvalue weighted by molar-refractivity contribution is 4.95. The molecule has 0 radical (unpaired) electrons. The molecule has 3 saturated carbocycles. The first-order valence-electron chi connectivity index (χ1n) is 9.08. The number of rotatable bonds is 2. The van der Waals surface area contributed by atoms with Crippen molar-refractivity contribution in [2.75, 3.05) is 0 Å². The predicted octanol–water partition coefficient (Wildman–Crippen LogP) is 5.17. The molecule has 0 aromatic carbocycles. The molecule has 0 spiro atoms. The van der Waals surface area contributed by atoms with Crippen molar-refractivity contribution in [2.45, 2.75) is 90.6 Å². The molecule has 1 nitrogen and oxygen atoms in total. The molecule has 20 heavy (non-hydrogen) atoms. The second kappa shape index (κ2) is 5.30. The smallest absolute Gasteiger partial charge is 0.0650 e. The van der Waals surface area contributed by atoms with E-state index in [1.165, 1.54) is 44.9 Å². The zero-order valence-electron chi connectivity index (χ0n) is 13.8. The molecule has 3 rings (SSSR count). The van der Waals surface area contributed by atoms with Crippen LogP contribution in [0.25, 0.3) is 0 Å². The van der Waals surface area contributed by atoms with Crippen molar-refractivity contribution in [1.29, 1.82) is 0 Å². The van der Waals surface area contributed by atoms with Crippen LogP contribution in [0.5, 0.6) is 0 Å². The molecule has 0 aromatic heterocycles. The quantitative estimate of drug-likeness (QED) is 0.691. The van der Waals surface area contributed by atoms with Crippen LogP contribution in [0.1, 0.15) is 85.0 Å². The first-order valence-corrected chi connectivity index (χ1v) is 9.08. The van der Waals surface area contributed by atoms with E-state index in [1.807, 2.05) is 0 Å². The minimum absolute atomic E-state index is 0.324. The molecule has 5 unspecified atom stereocenters. The van der Waals surface area contributed by atoms with Gasteiger partial charge in [-0.25, -0.2) is 0 Å². The largest absolute Gasteiger partial charge is 0.390 e. The normalized spacial score (nSPS) is 45.6. The minimum Gasteiger partial charge on any atom is -0.390 e. The maximum atomic E-state index is 11.1. The molecule has 3 aliphatic carbocycles. The maximum Gasteiger partial charge on any atom is 0.0650 e. The fourth-order valence-electron chi connectivity index (χ4n) is 5.57. The molecule has 3 aliphatic rings. The van der Waals surface area contributed by atoms with Crippen LogP contribution in [0.15, 0.2) is 0 Å². The van der Waals surface area contributed by atoms with E-state index in [0.717, 1.165) is 42.9 Å². The lowest BCUT2D eigenvalue weighted by molar-refractivity contribution is -0.00846. The third kappa shape index (κ3) is 3.08. The van der Waals surface area contributed by atoms with Gasteiger partial charge in [-0.05, 0) is 80.5 Å². The van der Waals surface area contributed by atoms with Crippen molar-refractivity contribution in [3.05, 3.63) is 0 Å². The molecule has 116 valence electrons. The van der Waals surface area contributed by atoms with Crippen LogP contribution in [-0.4, -0.2) is 10.7 Å². The van der Waals surface area contributed by atoms with Gasteiger partial charge in [0.2, 0.25) is 0 Å². The summed E-state index contributed by atoms with van der Waals surface area (Å²) in [7, 11) is 0. The second-order valence-electron chi connectivity index (χ2n) is 9.36. The monoisotopic (exact) mass is 278 g/mol. The maximum absolute atomic E-state index is 11.1. The summed E-state index contributed by atoms with van der Waals surface area (Å²) < 4.78 is 0. The Balaban J connectivity index is 1.58. The van der Waals surface area contributed by atoms with Crippen LogP contribution in [0.2, 0.25) is 0 Å². The van der Waals surface area contributed by atoms with E-state index in [2.05, 4.69) is 20.8 Å². The number of fused-ring (bicyclic) bond motifs is 2. The standard InChI is InChI=1S/C19H34O/c1-18(2,3)17-5-4-9-19(20,10-8-17)13-16-12-14-6-7-15(16)11-14/h14-17,20H,4-13H2,1-3H3. The Morgan fingerprint density at radius 3 is 2.40 bits per heavy atom. The second-order valence-corrected chi connectivity index (χ2v) is 9.36. The highest BCUT2D eigenvalue weighted by atomic mass is 16.3. The zero-order chi connectivity index (χ0) is 14.4. The third-order valence-corrected chi connectivity index (χ3v) is 6.90. The van der Waals surface area contributed by atoms with Gasteiger partial charge < -0.3 is 5.11 Å². The predicted molar refractivity (Wildman–Crippen MR) is 84.5 cm³/mol. The highest BCUT2D eigenvalue weighted by Crippen LogP contribution is 2.52. The summed E-state index contributed by atoms with van der Waals surface area (Å²) in [6.07, 6.45) is 12.9. The van der Waals surface area contributed by atoms with Gasteiger partial charge >= 0.3 is 0 Å². The summed E-state index contributed by atoms with van der Waals surface area (Å²) in [6.45, 7) is 7.12. The Bertz CT molecular complexity index is 342. The van der Waals surface area contributed by atoms with Gasteiger partial charge in [0.1, 0.15) is 0 Å². The average molecular weight is 278 g/mol. The summed E-state index contributed by atoms with van der Waals surface area (Å²) in [5.41, 5.74) is 0.0901. The zero-order valence-corrected chi connectivity index (χ0v) is 13.8. The van der Waals surface area contributed by atoms with Crippen LogP contribution in [0.4, 0.5) is 0 Å². The van der Waals surface area contributed by atoms with Crippen molar-refractivity contribution in [3.8, 4) is 0 Å². The van der Waals surface area contributed by atoms with Gasteiger partial charge in [0.25, 0.3) is 0 Å². The SMILES string of the molecule is CC(C)(C)C1CCCC(O)(CC2CC3CCC2C3)CC1. The summed E-state index contributed by atoms with van der Waals surface area (Å²) in [4.78, 5) is 0. The van der Waals surface area contributed by atoms with E-state index in [1.54, 1.807) is 0 Å². The highest BCUT2D eigenvalue weighted by Gasteiger charge is 2.44. The van der Waals surface area contributed by atoms with Gasteiger partial charge in [-0.3, -0.25) is 0 Å². The van der Waals surface area contributed by atoms with Crippen molar-refractivity contribution in [3.63, 3.8) is 0 Å². The van der Waals surface area contributed by atoms with Crippen molar-refractivity contribution >= 4 is 0 Å². The van der Waals surface area contributed by atoms with Crippen molar-refractivity contribution in [1.82, 2.24) is 0 Å². The summed E-state index contributed by atoms with van der Waals surface area (Å²) in [6, 6.07) is 0. The molecule has 0 saturated heterocycles. The van der Waals surface area contributed by atoms with Gasteiger partial charge in [-0.2, -0.15) is 0 Å². The van der Waals surface area contributed by atoms with Gasteiger partial charge in [-0.1, -0.05) is 33.6 Å². The molecule has 0 aliphatic heterocycles. The Morgan fingerprint density at radius 1 is 1.00 bits per heavy atom. The first-order chi connectivity index (χ1) is 9.36. The number of hydrogen-bond donors (Lipinski definition) is 1. The summed E-state index contributed by atoms with van der Waals surface area (Å²) >= 11 is 0. The van der Waals surface area contributed by atoms with Crippen LogP contribution in [0, 0.1) is 29.1 Å². The van der Waals surface area contributed by atoms with Crippen LogP contribution in [0.3, 0.4) is 0 Å². The van der Waals surface area contributed by atoms with Crippen LogP contribution < -0.4 is 0 Å². The van der Waals surface area contributed by atoms with Crippen LogP contribution in [-0.2, 0) is 0 Å². The number of hydrogen-bond acceptors (Lipinski definition) is 1. The molecule has 2 bridgehead atoms. The van der Waals surface area contributed by atoms with Crippen molar-refractivity contribution < 1.29 is 5.11 Å². The summed E-state index contributed by atoms with van der Waals surface area (Å²) in [5, 5.41) is 11.1. The fraction of sp³-hybridized carbons (Fsp3) is 1.00. The molecule has 1 heteroatoms. The lowest BCUT2D eigenvalue weighted by Gasteiger charge is -2.34. The van der Waals surface area contributed by atoms with E-state index in [0.29, 0.717) is 5.41 Å². The molecule has 5 atom stereocenters. The van der Waals surface area contributed by atoms with E-state index < -0.39 is 0 Å². The van der Waals surface area contributed by atoms with Crippen molar-refractivity contribution in [2.24, 2.45) is 29.1 Å². The van der Waals surface area contributed by atoms with Gasteiger partial charge in [0.05, 0.1) is 5.60 Å². The van der Waals surface area contributed by atoms with E-state index >= 15 is 0 Å². The molecule has 0 heterocycles. The van der Waals surface area contributed by atoms with Gasteiger partial charge in [-0.15, -0.1) is 0 Å². The van der Waals surface area contributed by atoms with Gasteiger partial charge in [0.15, 0.2) is 0 Å². The molecule has 0 aromatic rings. The van der Waals surface area contributed by atoms with Gasteiger partial charge in [0, 0.05) is 0 Å². The Hall–Kier alpha value is -0.0400. The molecular weight excluding hydrogens is 244 g/mol.